The van der Waals surface area contributed by atoms with Gasteiger partial charge in [0.1, 0.15) is 0 Å². The number of amides is 2. The number of aliphatic carboxylic acids is 3. The number of aliphatic hydroxyl groups is 1. The number of hydrogen-bond donors (Lipinski definition) is 17. The van der Waals surface area contributed by atoms with Gasteiger partial charge in [0, 0.05) is 73.1 Å². The molecule has 2 amide bonds. The van der Waals surface area contributed by atoms with E-state index in [-0.39, 0.29) is 36.1 Å². The van der Waals surface area contributed by atoms with E-state index in [1.54, 1.807) is 48.5 Å². The van der Waals surface area contributed by atoms with E-state index in [0.717, 1.165) is 0 Å². The molecule has 0 saturated heterocycles. The Morgan fingerprint density at radius 2 is 0.739 bits per heavy atom. The third-order valence-electron chi connectivity index (χ3n) is 10.4. The van der Waals surface area contributed by atoms with Crippen molar-refractivity contribution in [3.05, 3.63) is 72.8 Å². The van der Waals surface area contributed by atoms with E-state index < -0.39 is 81.9 Å². The van der Waals surface area contributed by atoms with Crippen molar-refractivity contribution in [2.75, 3.05) is 75.0 Å². The van der Waals surface area contributed by atoms with Crippen LogP contribution in [-0.2, 0) is 43.7 Å². The highest BCUT2D eigenvalue weighted by atomic mass is 32.2. The first-order valence-electron chi connectivity index (χ1n) is 26.3. The van der Waals surface area contributed by atoms with Crippen LogP contribution < -0.4 is 65.5 Å². The molecule has 5 aromatic rings. The fourth-order valence-corrected chi connectivity index (χ4v) is 6.33. The predicted octanol–water partition coefficient (Wildman–Crippen LogP) is 2.20. The summed E-state index contributed by atoms with van der Waals surface area (Å²) in [6.45, 7) is 11.6. The van der Waals surface area contributed by atoms with Crippen LogP contribution in [0.5, 0.6) is 0 Å². The normalized spacial score (nSPS) is 13.3. The number of carboxylic acid groups (broad SMARTS) is 3. The van der Waals surface area contributed by atoms with Crippen molar-refractivity contribution < 1.29 is 67.0 Å². The molecule has 5 rings (SSSR count). The van der Waals surface area contributed by atoms with Crippen LogP contribution >= 0.6 is 0 Å². The average Bonchev–Trinajstić information content (AvgIpc) is 3.07. The molecular weight excluding hydrogens is 1180 g/mol. The highest BCUT2D eigenvalue weighted by Crippen LogP contribution is 2.24. The van der Waals surface area contributed by atoms with Crippen molar-refractivity contribution in [2.45, 2.75) is 96.2 Å². The van der Waals surface area contributed by atoms with Gasteiger partial charge in [-0.05, 0) is 114 Å². The highest BCUT2D eigenvalue weighted by Gasteiger charge is 2.41. The summed E-state index contributed by atoms with van der Waals surface area (Å²) in [6.07, 6.45) is -1.57. The molecule has 0 bridgehead atoms. The fourth-order valence-electron chi connectivity index (χ4n) is 6.33. The number of ketones is 2. The topological polar surface area (TPSA) is 582 Å². The highest BCUT2D eigenvalue weighted by molar-refractivity contribution is 7.85. The third-order valence-corrected chi connectivity index (χ3v) is 10.4. The summed E-state index contributed by atoms with van der Waals surface area (Å²) >= 11 is 0. The van der Waals surface area contributed by atoms with Gasteiger partial charge in [-0.1, -0.05) is 0 Å². The zero-order chi connectivity index (χ0) is 65.9. The molecule has 37 heteroatoms. The Morgan fingerprint density at radius 3 is 0.966 bits per heavy atom. The number of nitrogens with zero attached hydrogens (tertiary/aromatic N) is 10. The van der Waals surface area contributed by atoms with Gasteiger partial charge in [0.25, 0.3) is 21.9 Å². The lowest BCUT2D eigenvalue weighted by Crippen LogP contribution is -2.42. The quantitative estimate of drug-likeness (QED) is 0.0172. The summed E-state index contributed by atoms with van der Waals surface area (Å²) in [7, 11) is -3.67. The molecule has 3 aromatic carbocycles. The first-order chi connectivity index (χ1) is 41.2. The molecule has 2 heterocycles. The third kappa shape index (κ3) is 28.8. The van der Waals surface area contributed by atoms with Gasteiger partial charge in [-0.2, -0.15) is 58.8 Å². The first-order valence-corrected chi connectivity index (χ1v) is 28.1. The maximum atomic E-state index is 13.2. The molecule has 0 radical (unpaired) electrons. The molecule has 21 N–H and O–H groups in total. The Bertz CT molecular complexity index is 3080. The first kappa shape index (κ1) is 72.3. The Balaban J connectivity index is 0.000000972. The van der Waals surface area contributed by atoms with Crippen molar-refractivity contribution >= 4 is 121 Å². The van der Waals surface area contributed by atoms with Gasteiger partial charge >= 0.3 is 17.9 Å². The number of azo groups is 2. The number of carbonyl (C=O) groups is 7. The zero-order valence-electron chi connectivity index (χ0n) is 48.7. The number of carbonyl (C=O) groups excluding carboxylic acids is 4. The van der Waals surface area contributed by atoms with E-state index in [4.69, 9.17) is 47.9 Å². The van der Waals surface area contributed by atoms with E-state index in [9.17, 15) is 42.0 Å². The van der Waals surface area contributed by atoms with Crippen molar-refractivity contribution in [1.29, 1.82) is 0 Å². The minimum absolute atomic E-state index is 0.134. The van der Waals surface area contributed by atoms with Gasteiger partial charge in [-0.25, -0.2) is 4.79 Å². The second-order valence-electron chi connectivity index (χ2n) is 19.6. The molecule has 0 spiro atoms. The molecule has 0 fully saturated rings. The lowest BCUT2D eigenvalue weighted by Gasteiger charge is -2.18. The summed E-state index contributed by atoms with van der Waals surface area (Å²) in [5.41, 5.74) is 23.3. The smallest absolute Gasteiger partial charge is 0.336 e. The van der Waals surface area contributed by atoms with Gasteiger partial charge in [0.15, 0.2) is 17.2 Å². The summed E-state index contributed by atoms with van der Waals surface area (Å²) in [5, 5.41) is 73.9. The Kier molecular flexibility index (Phi) is 28.7. The Labute approximate surface area is 503 Å². The number of aromatic nitrogens is 6. The monoisotopic (exact) mass is 1250 g/mol. The zero-order valence-corrected chi connectivity index (χ0v) is 49.6. The van der Waals surface area contributed by atoms with Crippen molar-refractivity contribution in [3.63, 3.8) is 0 Å². The van der Waals surface area contributed by atoms with Crippen LogP contribution in [0.1, 0.15) is 54.4 Å². The van der Waals surface area contributed by atoms with Gasteiger partial charge in [0.2, 0.25) is 47.8 Å². The molecule has 6 atom stereocenters. The number of hydrogen-bond acceptors (Lipinski definition) is 30. The van der Waals surface area contributed by atoms with Crippen LogP contribution in [0, 0.1) is 0 Å². The molecule has 6 unspecified atom stereocenters. The molecular formula is C51H72N22O14S. The van der Waals surface area contributed by atoms with Crippen molar-refractivity contribution in [3.8, 4) is 0 Å². The molecule has 0 aliphatic carbocycles. The molecule has 0 saturated carbocycles. The number of nitrogens with one attached hydrogen (secondary N) is 8. The minimum Gasteiger partial charge on any atom is -0.481 e. The van der Waals surface area contributed by atoms with E-state index in [1.807, 2.05) is 27.7 Å². The molecule has 2 aromatic heterocycles. The van der Waals surface area contributed by atoms with Crippen LogP contribution in [0.2, 0.25) is 0 Å². The summed E-state index contributed by atoms with van der Waals surface area (Å²) in [5.74, 6) is -5.78. The number of benzene rings is 3. The molecule has 88 heavy (non-hydrogen) atoms. The van der Waals surface area contributed by atoms with E-state index in [1.165, 1.54) is 38.1 Å². The second-order valence-corrected chi connectivity index (χ2v) is 21.1. The minimum atomic E-state index is -3.67. The van der Waals surface area contributed by atoms with Gasteiger partial charge in [-0.15, -0.1) is 0 Å². The largest absolute Gasteiger partial charge is 0.481 e. The van der Waals surface area contributed by atoms with Crippen LogP contribution in [0.15, 0.2) is 93.3 Å². The average molecular weight is 1250 g/mol. The molecule has 36 nitrogen and oxygen atoms in total. The fraction of sp³-hybridized carbons (Fsp3) is 0.392. The van der Waals surface area contributed by atoms with E-state index in [2.05, 4.69) is 92.9 Å². The second kappa shape index (κ2) is 34.9. The maximum absolute atomic E-state index is 13.2. The molecule has 0 aliphatic rings. The standard InChI is InChI=1S/C44H60N22O4.C6H8O7.CH4O3S/c1-23(45)19-49-39-57-40(50-20-24(2)46)60-43(59-39)55-31-11-15-33(16-12-31)63-65-35(27(5)67)37(69)53-29-7-9-30(10-8-29)54-38(70)36(28(6)68)66-64-34-17-13-32(14-18-34)56-44-61-41(51-21-25(3)47)58-42(62-44)52-22-26(4)48;7-3(8)1-6(13,5(11)12)2-4(9)10;1-5(2,3)4/h7-18,23-26,35-36H,19-22,45-48H2,1-6H3,(H,53,69)(H,54,70)(H3,49,50,55,57,59,60)(H3,51,52,56,58,61,62);13H,1-2H2,(H,7,8)(H,9,10)(H,11,12);1H3,(H,2,3,4). The van der Waals surface area contributed by atoms with Crippen molar-refractivity contribution in [1.82, 2.24) is 29.9 Å². The van der Waals surface area contributed by atoms with Crippen LogP contribution in [-0.4, -0.2) is 179 Å². The van der Waals surface area contributed by atoms with Gasteiger partial charge in [-0.3, -0.25) is 33.3 Å². The Hall–Kier alpha value is -9.92. The predicted molar refractivity (Wildman–Crippen MR) is 324 cm³/mol. The lowest BCUT2D eigenvalue weighted by atomic mass is 9.96. The lowest BCUT2D eigenvalue weighted by molar-refractivity contribution is -0.170. The van der Waals surface area contributed by atoms with E-state index in [0.29, 0.717) is 90.4 Å². The van der Waals surface area contributed by atoms with Gasteiger partial charge in [0.05, 0.1) is 30.5 Å². The maximum Gasteiger partial charge on any atom is 0.336 e. The van der Waals surface area contributed by atoms with Crippen LogP contribution in [0.4, 0.5) is 69.8 Å². The summed E-state index contributed by atoms with van der Waals surface area (Å²) in [4.78, 5) is 108. The SMILES string of the molecule is CC(=O)C(N=Nc1ccc(Nc2nc(NCC(C)N)nc(NCC(C)N)n2)cc1)C(=O)Nc1ccc(NC(=O)C(N=Nc2ccc(Nc3nc(NCC(C)N)nc(NCC(C)N)n3)cc2)C(C)=O)cc1.CS(=O)(=O)O.O=C(O)CC(O)(CC(=O)O)C(=O)O. The number of nitrogens with two attached hydrogens (primary N) is 4. The van der Waals surface area contributed by atoms with Gasteiger partial charge < -0.3 is 85.9 Å². The number of anilines is 10. The molecule has 476 valence electrons. The summed E-state index contributed by atoms with van der Waals surface area (Å²) < 4.78 is 25.9. The van der Waals surface area contributed by atoms with Crippen LogP contribution in [0.3, 0.4) is 0 Å². The van der Waals surface area contributed by atoms with Crippen molar-refractivity contribution in [2.24, 2.45) is 43.4 Å². The number of Topliss-reactive ketones (excluding diaryl/α,β-unsaturated/α-hetero) is 2. The molecule has 0 aliphatic heterocycles. The van der Waals surface area contributed by atoms with Crippen LogP contribution in [0.25, 0.3) is 0 Å². The Morgan fingerprint density at radius 1 is 0.489 bits per heavy atom. The van der Waals surface area contributed by atoms with E-state index >= 15 is 0 Å². The number of carboxylic acids is 3. The number of rotatable bonds is 31. The summed E-state index contributed by atoms with van der Waals surface area (Å²) in [6, 6.07) is 15.9.